The minimum Gasteiger partial charge on any atom is -0.497 e. The second-order valence-electron chi connectivity index (χ2n) is 7.08. The van der Waals surface area contributed by atoms with Crippen LogP contribution in [-0.2, 0) is 6.42 Å². The minimum atomic E-state index is 0.846. The van der Waals surface area contributed by atoms with Gasteiger partial charge in [-0.2, -0.15) is 0 Å². The van der Waals surface area contributed by atoms with E-state index >= 15 is 0 Å². The fourth-order valence-corrected chi connectivity index (χ4v) is 3.84. The molecule has 2 aromatic heterocycles. The number of hydrogen-bond acceptors (Lipinski definition) is 6. The molecule has 4 rings (SSSR count). The number of aryl methyl sites for hydroxylation is 1. The number of pyridine rings is 1. The Labute approximate surface area is 165 Å². The van der Waals surface area contributed by atoms with Gasteiger partial charge in [-0.1, -0.05) is 0 Å². The highest BCUT2D eigenvalue weighted by Crippen LogP contribution is 2.27. The van der Waals surface area contributed by atoms with E-state index in [1.165, 1.54) is 5.56 Å². The number of methoxy groups -OCH3 is 2. The summed E-state index contributed by atoms with van der Waals surface area (Å²) in [7, 11) is 3.40. The molecule has 1 aliphatic rings. The summed E-state index contributed by atoms with van der Waals surface area (Å²) in [5, 5.41) is 1.16. The van der Waals surface area contributed by atoms with E-state index in [1.807, 2.05) is 36.7 Å². The van der Waals surface area contributed by atoms with Crippen LogP contribution in [0.4, 0.5) is 5.82 Å². The molecule has 0 amide bonds. The molecule has 1 aromatic carbocycles. The zero-order valence-electron chi connectivity index (χ0n) is 16.6. The molecular weight excluding hydrogens is 354 g/mol. The summed E-state index contributed by atoms with van der Waals surface area (Å²) in [5.41, 5.74) is 2.18. The Morgan fingerprint density at radius 2 is 1.93 bits per heavy atom. The molecule has 0 N–H and O–H groups in total. The van der Waals surface area contributed by atoms with E-state index in [4.69, 9.17) is 13.9 Å². The molecule has 0 unspecified atom stereocenters. The van der Waals surface area contributed by atoms with Gasteiger partial charge in [0.1, 0.15) is 11.3 Å². The van der Waals surface area contributed by atoms with E-state index in [2.05, 4.69) is 20.9 Å². The lowest BCUT2D eigenvalue weighted by molar-refractivity contribution is 0.253. The summed E-state index contributed by atoms with van der Waals surface area (Å²) in [6, 6.07) is 9.86. The summed E-state index contributed by atoms with van der Waals surface area (Å²) >= 11 is 0. The molecule has 1 fully saturated rings. The van der Waals surface area contributed by atoms with Crippen LogP contribution in [0.2, 0.25) is 0 Å². The number of nitrogens with zero attached hydrogens (tertiary/aromatic N) is 3. The van der Waals surface area contributed by atoms with Crippen LogP contribution in [0, 0.1) is 0 Å². The van der Waals surface area contributed by atoms with Crippen molar-refractivity contribution in [2.24, 2.45) is 0 Å². The predicted molar refractivity (Wildman–Crippen MR) is 111 cm³/mol. The van der Waals surface area contributed by atoms with Crippen molar-refractivity contribution in [3.05, 3.63) is 48.4 Å². The summed E-state index contributed by atoms with van der Waals surface area (Å²) in [6.45, 7) is 5.11. The van der Waals surface area contributed by atoms with Gasteiger partial charge in [-0.05, 0) is 55.3 Å². The van der Waals surface area contributed by atoms with Gasteiger partial charge in [-0.25, -0.2) is 4.98 Å². The van der Waals surface area contributed by atoms with Gasteiger partial charge >= 0.3 is 0 Å². The first-order valence-corrected chi connectivity index (χ1v) is 9.79. The normalized spacial score (nSPS) is 15.1. The largest absolute Gasteiger partial charge is 0.497 e. The van der Waals surface area contributed by atoms with Crippen LogP contribution in [0.25, 0.3) is 11.0 Å². The fraction of sp³-hybridized carbons (Fsp3) is 0.409. The summed E-state index contributed by atoms with van der Waals surface area (Å²) in [4.78, 5) is 9.33. The van der Waals surface area contributed by atoms with E-state index in [0.717, 1.165) is 73.9 Å². The zero-order chi connectivity index (χ0) is 19.3. The van der Waals surface area contributed by atoms with Gasteiger partial charge in [0.2, 0.25) is 0 Å². The Hall–Kier alpha value is -2.73. The van der Waals surface area contributed by atoms with E-state index in [-0.39, 0.29) is 0 Å². The first kappa shape index (κ1) is 18.6. The van der Waals surface area contributed by atoms with Gasteiger partial charge in [-0.15, -0.1) is 0 Å². The third-order valence-electron chi connectivity index (χ3n) is 5.42. The first-order valence-electron chi connectivity index (χ1n) is 9.79. The van der Waals surface area contributed by atoms with E-state index in [0.29, 0.717) is 0 Å². The average molecular weight is 381 g/mol. The molecule has 28 heavy (non-hydrogen) atoms. The zero-order valence-corrected chi connectivity index (χ0v) is 16.6. The van der Waals surface area contributed by atoms with Gasteiger partial charge in [0.05, 0.1) is 20.5 Å². The quantitative estimate of drug-likeness (QED) is 0.623. The van der Waals surface area contributed by atoms with Crippen molar-refractivity contribution in [2.45, 2.75) is 12.8 Å². The Morgan fingerprint density at radius 1 is 1.07 bits per heavy atom. The Kier molecular flexibility index (Phi) is 5.67. The monoisotopic (exact) mass is 381 g/mol. The number of anilines is 1. The minimum absolute atomic E-state index is 0.846. The van der Waals surface area contributed by atoms with E-state index in [9.17, 15) is 0 Å². The van der Waals surface area contributed by atoms with Crippen LogP contribution in [0.5, 0.6) is 11.5 Å². The molecule has 0 aliphatic carbocycles. The molecule has 0 spiro atoms. The van der Waals surface area contributed by atoms with Gasteiger partial charge in [-0.3, -0.25) is 4.90 Å². The highest BCUT2D eigenvalue weighted by Gasteiger charge is 2.20. The molecule has 3 heterocycles. The lowest BCUT2D eigenvalue weighted by Crippen LogP contribution is -2.47. The predicted octanol–water partition coefficient (Wildman–Crippen LogP) is 3.60. The van der Waals surface area contributed by atoms with Crippen molar-refractivity contribution in [3.8, 4) is 11.5 Å². The van der Waals surface area contributed by atoms with Crippen molar-refractivity contribution < 1.29 is 13.9 Å². The number of rotatable bonds is 7. The third kappa shape index (κ3) is 3.92. The van der Waals surface area contributed by atoms with E-state index < -0.39 is 0 Å². The maximum atomic E-state index is 5.68. The second-order valence-corrected chi connectivity index (χ2v) is 7.08. The Balaban J connectivity index is 1.29. The van der Waals surface area contributed by atoms with Crippen LogP contribution in [-0.4, -0.2) is 56.8 Å². The van der Waals surface area contributed by atoms with Crippen LogP contribution in [0.3, 0.4) is 0 Å². The van der Waals surface area contributed by atoms with Crippen molar-refractivity contribution in [1.29, 1.82) is 0 Å². The summed E-state index contributed by atoms with van der Waals surface area (Å²) < 4.78 is 16.5. The second kappa shape index (κ2) is 8.52. The lowest BCUT2D eigenvalue weighted by atomic mass is 10.1. The Bertz CT molecular complexity index is 916. The average Bonchev–Trinajstić information content (AvgIpc) is 3.16. The fourth-order valence-electron chi connectivity index (χ4n) is 3.84. The Morgan fingerprint density at radius 3 is 2.71 bits per heavy atom. The number of piperazine rings is 1. The van der Waals surface area contributed by atoms with Crippen molar-refractivity contribution >= 4 is 16.8 Å². The standard InChI is InChI=1S/C22H27N3O3/c1-26-18-7-8-20-19(15-18)17(16-28-20)5-4-10-24-11-13-25(14-12-24)22-21(27-2)6-3-9-23-22/h3,6-9,15-16H,4-5,10-14H2,1-2H3. The molecule has 6 heteroatoms. The summed E-state index contributed by atoms with van der Waals surface area (Å²) in [6.07, 6.45) is 5.83. The molecule has 1 aliphatic heterocycles. The first-order chi connectivity index (χ1) is 13.8. The smallest absolute Gasteiger partial charge is 0.171 e. The van der Waals surface area contributed by atoms with Crippen LogP contribution < -0.4 is 14.4 Å². The molecule has 0 radical (unpaired) electrons. The van der Waals surface area contributed by atoms with Gasteiger partial charge < -0.3 is 18.8 Å². The molecule has 6 nitrogen and oxygen atoms in total. The van der Waals surface area contributed by atoms with Crippen LogP contribution in [0.1, 0.15) is 12.0 Å². The topological polar surface area (TPSA) is 51.0 Å². The third-order valence-corrected chi connectivity index (χ3v) is 5.42. The van der Waals surface area contributed by atoms with Gasteiger partial charge in [0, 0.05) is 37.8 Å². The molecule has 148 valence electrons. The number of furan rings is 1. The highest BCUT2D eigenvalue weighted by atomic mass is 16.5. The number of ether oxygens (including phenoxy) is 2. The molecular formula is C22H27N3O3. The van der Waals surface area contributed by atoms with E-state index in [1.54, 1.807) is 14.2 Å². The molecule has 3 aromatic rings. The van der Waals surface area contributed by atoms with Crippen molar-refractivity contribution in [2.75, 3.05) is 51.8 Å². The number of aromatic nitrogens is 1. The van der Waals surface area contributed by atoms with Crippen molar-refractivity contribution in [1.82, 2.24) is 9.88 Å². The van der Waals surface area contributed by atoms with Gasteiger partial charge in [0.25, 0.3) is 0 Å². The highest BCUT2D eigenvalue weighted by molar-refractivity contribution is 5.82. The molecule has 0 bridgehead atoms. The SMILES string of the molecule is COc1ccc2occ(CCCN3CCN(c4ncccc4OC)CC3)c2c1. The van der Waals surface area contributed by atoms with Crippen LogP contribution in [0.15, 0.2) is 47.2 Å². The van der Waals surface area contributed by atoms with Gasteiger partial charge in [0.15, 0.2) is 11.6 Å². The lowest BCUT2D eigenvalue weighted by Gasteiger charge is -2.35. The molecule has 0 atom stereocenters. The van der Waals surface area contributed by atoms with Crippen molar-refractivity contribution in [3.63, 3.8) is 0 Å². The molecule has 1 saturated heterocycles. The number of fused-ring (bicyclic) bond motifs is 1. The maximum absolute atomic E-state index is 5.68. The number of hydrogen-bond donors (Lipinski definition) is 0. The summed E-state index contributed by atoms with van der Waals surface area (Å²) in [5.74, 6) is 2.66. The molecule has 0 saturated carbocycles. The number of benzene rings is 1. The maximum Gasteiger partial charge on any atom is 0.171 e. The van der Waals surface area contributed by atoms with Crippen LogP contribution >= 0.6 is 0 Å².